The number of nitrogens with zero attached hydrogens (tertiary/aromatic N) is 1. The molecule has 2 aromatic rings. The molecule has 0 bridgehead atoms. The molecule has 1 aromatic heterocycles. The largest absolute Gasteiger partial charge is 0.355 e. The summed E-state index contributed by atoms with van der Waals surface area (Å²) >= 11 is 1.57. The molecule has 6 heteroatoms. The maximum Gasteiger partial charge on any atom is 0.251 e. The molecule has 2 amide bonds. The van der Waals surface area contributed by atoms with E-state index in [-0.39, 0.29) is 11.8 Å². The van der Waals surface area contributed by atoms with Crippen molar-refractivity contribution in [2.24, 2.45) is 0 Å². The van der Waals surface area contributed by atoms with Gasteiger partial charge >= 0.3 is 0 Å². The zero-order valence-electron chi connectivity index (χ0n) is 13.5. The van der Waals surface area contributed by atoms with Crippen molar-refractivity contribution < 1.29 is 9.59 Å². The highest BCUT2D eigenvalue weighted by atomic mass is 32.1. The highest BCUT2D eigenvalue weighted by molar-refractivity contribution is 7.15. The van der Waals surface area contributed by atoms with Gasteiger partial charge in [0.25, 0.3) is 5.91 Å². The minimum Gasteiger partial charge on any atom is -0.355 e. The molecule has 124 valence electrons. The first-order valence-electron chi connectivity index (χ1n) is 7.95. The quantitative estimate of drug-likeness (QED) is 0.840. The van der Waals surface area contributed by atoms with E-state index in [4.69, 9.17) is 0 Å². The predicted octanol–water partition coefficient (Wildman–Crippen LogP) is 3.03. The molecule has 24 heavy (non-hydrogen) atoms. The fraction of sp³-hybridized carbons (Fsp3) is 0.278. The summed E-state index contributed by atoms with van der Waals surface area (Å²) in [4.78, 5) is 29.3. The Hall–Kier alpha value is -2.47. The second-order valence-electron chi connectivity index (χ2n) is 5.62. The number of aryl methyl sites for hydroxylation is 2. The normalized spacial score (nSPS) is 13.5. The minimum atomic E-state index is -0.198. The lowest BCUT2D eigenvalue weighted by Crippen LogP contribution is -2.17. The second-order valence-corrected chi connectivity index (χ2v) is 6.70. The number of amides is 2. The Morgan fingerprint density at radius 1 is 1.17 bits per heavy atom. The van der Waals surface area contributed by atoms with Gasteiger partial charge < -0.3 is 5.32 Å². The Kier molecular flexibility index (Phi) is 5.05. The third-order valence-corrected chi connectivity index (χ3v) is 4.98. The molecule has 5 nitrogen and oxygen atoms in total. The fourth-order valence-electron chi connectivity index (χ4n) is 2.61. The highest BCUT2D eigenvalue weighted by Gasteiger charge is 2.15. The number of nitrogens with one attached hydrogen (secondary N) is 2. The predicted molar refractivity (Wildman–Crippen MR) is 96.3 cm³/mol. The molecule has 3 rings (SSSR count). The summed E-state index contributed by atoms with van der Waals surface area (Å²) in [5.74, 6) is -0.326. The van der Waals surface area contributed by atoms with E-state index in [1.54, 1.807) is 48.7 Å². The molecular formula is C18H19N3O2S. The van der Waals surface area contributed by atoms with Crippen LogP contribution in [0.1, 0.15) is 39.3 Å². The fourth-order valence-corrected chi connectivity index (χ4v) is 3.67. The molecule has 0 saturated heterocycles. The van der Waals surface area contributed by atoms with Crippen molar-refractivity contribution in [1.82, 2.24) is 10.3 Å². The summed E-state index contributed by atoms with van der Waals surface area (Å²) in [6.45, 7) is 0. The molecule has 1 heterocycles. The van der Waals surface area contributed by atoms with Crippen molar-refractivity contribution in [3.8, 4) is 0 Å². The number of hydrogen-bond donors (Lipinski definition) is 2. The number of carbonyl (C=O) groups is 2. The number of hydrogen-bond acceptors (Lipinski definition) is 4. The molecule has 0 unspecified atom stereocenters. The van der Waals surface area contributed by atoms with Crippen molar-refractivity contribution in [3.63, 3.8) is 0 Å². The smallest absolute Gasteiger partial charge is 0.251 e. The monoisotopic (exact) mass is 341 g/mol. The second kappa shape index (κ2) is 7.40. The van der Waals surface area contributed by atoms with Gasteiger partial charge in [-0.15, -0.1) is 11.3 Å². The Morgan fingerprint density at radius 3 is 2.62 bits per heavy atom. The lowest BCUT2D eigenvalue weighted by atomic mass is 10.0. The van der Waals surface area contributed by atoms with Gasteiger partial charge in [-0.05, 0) is 49.5 Å². The number of thiazole rings is 1. The van der Waals surface area contributed by atoms with Crippen molar-refractivity contribution in [2.45, 2.75) is 25.7 Å². The van der Waals surface area contributed by atoms with Crippen molar-refractivity contribution >= 4 is 34.4 Å². The SMILES string of the molecule is CNC(=O)c1ccc(C=CC(=O)Nc2nc3c(s2)CCCC3)cc1. The number of carbonyl (C=O) groups excluding carboxylic acids is 2. The molecule has 2 N–H and O–H groups in total. The number of fused-ring (bicyclic) bond motifs is 1. The van der Waals surface area contributed by atoms with E-state index in [9.17, 15) is 9.59 Å². The van der Waals surface area contributed by atoms with Gasteiger partial charge in [0.2, 0.25) is 5.91 Å². The average Bonchev–Trinajstić information content (AvgIpc) is 3.02. The first-order valence-corrected chi connectivity index (χ1v) is 8.77. The van der Waals surface area contributed by atoms with Crippen LogP contribution >= 0.6 is 11.3 Å². The van der Waals surface area contributed by atoms with Gasteiger partial charge in [0.1, 0.15) is 0 Å². The average molecular weight is 341 g/mol. The van der Waals surface area contributed by atoms with Crippen LogP contribution in [0.15, 0.2) is 30.3 Å². The first-order chi connectivity index (χ1) is 11.7. The summed E-state index contributed by atoms with van der Waals surface area (Å²) in [7, 11) is 1.59. The first kappa shape index (κ1) is 16.4. The number of benzene rings is 1. The Balaban J connectivity index is 1.60. The zero-order valence-corrected chi connectivity index (χ0v) is 14.3. The van der Waals surface area contributed by atoms with E-state index in [0.29, 0.717) is 10.7 Å². The van der Waals surface area contributed by atoms with Gasteiger partial charge in [0, 0.05) is 23.6 Å². The van der Waals surface area contributed by atoms with Crippen LogP contribution in [0.25, 0.3) is 6.08 Å². The van der Waals surface area contributed by atoms with Crippen LogP contribution in [0.3, 0.4) is 0 Å². The Morgan fingerprint density at radius 2 is 1.92 bits per heavy atom. The molecule has 0 saturated carbocycles. The maximum atomic E-state index is 12.0. The molecule has 0 atom stereocenters. The third kappa shape index (κ3) is 3.89. The summed E-state index contributed by atoms with van der Waals surface area (Å²) in [6.07, 6.45) is 7.65. The van der Waals surface area contributed by atoms with Gasteiger partial charge in [-0.1, -0.05) is 12.1 Å². The van der Waals surface area contributed by atoms with Gasteiger partial charge in [-0.2, -0.15) is 0 Å². The van der Waals surface area contributed by atoms with Gasteiger partial charge in [-0.25, -0.2) is 4.98 Å². The van der Waals surface area contributed by atoms with Gasteiger partial charge in [0.15, 0.2) is 5.13 Å². The van der Waals surface area contributed by atoms with E-state index >= 15 is 0 Å². The van der Waals surface area contributed by atoms with Crippen LogP contribution in [0, 0.1) is 0 Å². The van der Waals surface area contributed by atoms with E-state index < -0.39 is 0 Å². The molecular weight excluding hydrogens is 322 g/mol. The molecule has 1 aromatic carbocycles. The summed E-state index contributed by atoms with van der Waals surface area (Å²) < 4.78 is 0. The number of anilines is 1. The lowest BCUT2D eigenvalue weighted by Gasteiger charge is -2.06. The van der Waals surface area contributed by atoms with Crippen LogP contribution < -0.4 is 10.6 Å². The van der Waals surface area contributed by atoms with E-state index in [0.717, 1.165) is 24.1 Å². The number of rotatable bonds is 4. The van der Waals surface area contributed by atoms with E-state index in [1.165, 1.54) is 23.8 Å². The topological polar surface area (TPSA) is 71.1 Å². The highest BCUT2D eigenvalue weighted by Crippen LogP contribution is 2.29. The standard InChI is InChI=1S/C18H19N3O2S/c1-19-17(23)13-9-6-12(7-10-13)8-11-16(22)21-18-20-14-4-2-3-5-15(14)24-18/h6-11H,2-5H2,1H3,(H,19,23)(H,20,21,22). The van der Waals surface area contributed by atoms with Crippen molar-refractivity contribution in [2.75, 3.05) is 12.4 Å². The maximum absolute atomic E-state index is 12.0. The van der Waals surface area contributed by atoms with Crippen LogP contribution in [0.5, 0.6) is 0 Å². The van der Waals surface area contributed by atoms with E-state index in [2.05, 4.69) is 15.6 Å². The summed E-state index contributed by atoms with van der Waals surface area (Å²) in [6, 6.07) is 7.06. The summed E-state index contributed by atoms with van der Waals surface area (Å²) in [5, 5.41) is 6.07. The van der Waals surface area contributed by atoms with Crippen LogP contribution in [-0.4, -0.2) is 23.8 Å². The summed E-state index contributed by atoms with van der Waals surface area (Å²) in [5.41, 5.74) is 2.58. The van der Waals surface area contributed by atoms with E-state index in [1.807, 2.05) is 0 Å². The van der Waals surface area contributed by atoms with Crippen LogP contribution in [0.4, 0.5) is 5.13 Å². The molecule has 0 aliphatic heterocycles. The zero-order chi connectivity index (χ0) is 16.9. The minimum absolute atomic E-state index is 0.129. The lowest BCUT2D eigenvalue weighted by molar-refractivity contribution is -0.111. The Bertz CT molecular complexity index is 755. The Labute approximate surface area is 144 Å². The van der Waals surface area contributed by atoms with Crippen LogP contribution in [0.2, 0.25) is 0 Å². The van der Waals surface area contributed by atoms with Crippen molar-refractivity contribution in [3.05, 3.63) is 52.0 Å². The van der Waals surface area contributed by atoms with Gasteiger partial charge in [0.05, 0.1) is 5.69 Å². The third-order valence-electron chi connectivity index (χ3n) is 3.90. The molecule has 0 fully saturated rings. The molecule has 0 radical (unpaired) electrons. The van der Waals surface area contributed by atoms with Gasteiger partial charge in [-0.3, -0.25) is 14.9 Å². The molecule has 1 aliphatic carbocycles. The number of aromatic nitrogens is 1. The van der Waals surface area contributed by atoms with Crippen molar-refractivity contribution in [1.29, 1.82) is 0 Å². The molecule has 1 aliphatic rings. The molecule has 0 spiro atoms. The van der Waals surface area contributed by atoms with Crippen LogP contribution in [-0.2, 0) is 17.6 Å².